The Kier molecular flexibility index (Phi) is 18.7. The van der Waals surface area contributed by atoms with Crippen molar-refractivity contribution in [1.29, 1.82) is 0 Å². The average molecular weight is 607 g/mol. The summed E-state index contributed by atoms with van der Waals surface area (Å²) in [4.78, 5) is 70.9. The van der Waals surface area contributed by atoms with Crippen LogP contribution in [0.15, 0.2) is 75.9 Å². The third kappa shape index (κ3) is 16.3. The Balaban J connectivity index is 6.30. The summed E-state index contributed by atoms with van der Waals surface area (Å²) in [6.45, 7) is 17.6. The number of carbonyl (C=O) groups is 6. The Morgan fingerprint density at radius 3 is 0.860 bits per heavy atom. The van der Waals surface area contributed by atoms with Gasteiger partial charge in [-0.1, -0.05) is 39.5 Å². The first-order valence-electron chi connectivity index (χ1n) is 12.8. The van der Waals surface area contributed by atoms with Crippen molar-refractivity contribution in [3.63, 3.8) is 0 Å². The summed E-state index contributed by atoms with van der Waals surface area (Å²) in [7, 11) is 0. The summed E-state index contributed by atoms with van der Waals surface area (Å²) in [5.41, 5.74) is -2.56. The first kappa shape index (κ1) is 38.2. The van der Waals surface area contributed by atoms with Crippen LogP contribution in [0.1, 0.15) is 12.8 Å². The zero-order valence-corrected chi connectivity index (χ0v) is 24.1. The standard InChI is InChI=1S/C30H38O13/c1-7-23(31)38-15-13-29(19-40-25(33)9-3,20-41-26(34)10-4)17-37-18-30(21-42-27(35)11-5,22-43-28(36)12-6)14-16-39-24(32)8-2/h7-12H,1-6,13-22H2. The fraction of sp³-hybridized carbons (Fsp3) is 0.400. The van der Waals surface area contributed by atoms with Crippen LogP contribution in [-0.4, -0.2) is 88.7 Å². The van der Waals surface area contributed by atoms with E-state index in [2.05, 4.69) is 39.5 Å². The van der Waals surface area contributed by atoms with Gasteiger partial charge in [-0.25, -0.2) is 28.8 Å². The quantitative estimate of drug-likeness (QED) is 0.0891. The maximum absolute atomic E-state index is 11.9. The lowest BCUT2D eigenvalue weighted by Crippen LogP contribution is -2.44. The van der Waals surface area contributed by atoms with Crippen molar-refractivity contribution in [3.05, 3.63) is 75.9 Å². The Morgan fingerprint density at radius 1 is 0.395 bits per heavy atom. The van der Waals surface area contributed by atoms with E-state index < -0.39 is 46.6 Å². The van der Waals surface area contributed by atoms with Crippen molar-refractivity contribution in [1.82, 2.24) is 0 Å². The number of hydrogen-bond acceptors (Lipinski definition) is 13. The Hall–Kier alpha value is -4.78. The molecular formula is C30H38O13. The highest BCUT2D eigenvalue weighted by Gasteiger charge is 2.39. The fourth-order valence-electron chi connectivity index (χ4n) is 3.15. The maximum Gasteiger partial charge on any atom is 0.330 e. The molecule has 0 aliphatic rings. The lowest BCUT2D eigenvalue weighted by Gasteiger charge is -2.36. The molecule has 0 saturated carbocycles. The highest BCUT2D eigenvalue weighted by molar-refractivity contribution is 5.83. The number of rotatable bonds is 24. The first-order valence-corrected chi connectivity index (χ1v) is 12.8. The molecule has 0 amide bonds. The van der Waals surface area contributed by atoms with Crippen LogP contribution in [0.3, 0.4) is 0 Å². The molecule has 0 fully saturated rings. The normalized spacial score (nSPS) is 10.6. The largest absolute Gasteiger partial charge is 0.463 e. The van der Waals surface area contributed by atoms with Gasteiger partial charge in [-0.2, -0.15) is 0 Å². The van der Waals surface area contributed by atoms with Crippen LogP contribution in [0, 0.1) is 10.8 Å². The lowest BCUT2D eigenvalue weighted by atomic mass is 9.85. The fourth-order valence-corrected chi connectivity index (χ4v) is 3.15. The second-order valence-electron chi connectivity index (χ2n) is 8.98. The van der Waals surface area contributed by atoms with Crippen LogP contribution in [0.25, 0.3) is 0 Å². The zero-order valence-electron chi connectivity index (χ0n) is 24.1. The van der Waals surface area contributed by atoms with Crippen molar-refractivity contribution in [2.75, 3.05) is 52.9 Å². The van der Waals surface area contributed by atoms with Crippen LogP contribution >= 0.6 is 0 Å². The minimum absolute atomic E-state index is 0.0255. The minimum Gasteiger partial charge on any atom is -0.463 e. The Bertz CT molecular complexity index is 926. The zero-order chi connectivity index (χ0) is 32.7. The van der Waals surface area contributed by atoms with Crippen molar-refractivity contribution < 1.29 is 61.9 Å². The van der Waals surface area contributed by atoms with Crippen LogP contribution in [0.2, 0.25) is 0 Å². The van der Waals surface area contributed by atoms with E-state index in [9.17, 15) is 28.8 Å². The van der Waals surface area contributed by atoms with Gasteiger partial charge in [0.25, 0.3) is 0 Å². The topological polar surface area (TPSA) is 167 Å². The highest BCUT2D eigenvalue weighted by Crippen LogP contribution is 2.29. The number of carbonyl (C=O) groups excluding carboxylic acids is 6. The van der Waals surface area contributed by atoms with Crippen molar-refractivity contribution in [2.45, 2.75) is 12.8 Å². The van der Waals surface area contributed by atoms with Gasteiger partial charge in [0, 0.05) is 36.5 Å². The summed E-state index contributed by atoms with van der Waals surface area (Å²) in [5.74, 6) is -4.58. The van der Waals surface area contributed by atoms with Gasteiger partial charge in [-0.15, -0.1) is 0 Å². The van der Waals surface area contributed by atoms with E-state index >= 15 is 0 Å². The molecule has 13 heteroatoms. The maximum atomic E-state index is 11.9. The van der Waals surface area contributed by atoms with Crippen LogP contribution in [0.5, 0.6) is 0 Å². The highest BCUT2D eigenvalue weighted by atomic mass is 16.6. The average Bonchev–Trinajstić information content (AvgIpc) is 3.02. The van der Waals surface area contributed by atoms with E-state index in [1.165, 1.54) is 0 Å². The van der Waals surface area contributed by atoms with Gasteiger partial charge in [0.05, 0.1) is 37.3 Å². The van der Waals surface area contributed by atoms with E-state index in [-0.39, 0.29) is 65.7 Å². The van der Waals surface area contributed by atoms with E-state index in [1.54, 1.807) is 0 Å². The Labute approximate surface area is 250 Å². The van der Waals surface area contributed by atoms with E-state index in [0.717, 1.165) is 36.5 Å². The van der Waals surface area contributed by atoms with Crippen molar-refractivity contribution in [2.24, 2.45) is 10.8 Å². The third-order valence-corrected chi connectivity index (χ3v) is 5.65. The lowest BCUT2D eigenvalue weighted by molar-refractivity contribution is -0.163. The molecule has 13 nitrogen and oxygen atoms in total. The van der Waals surface area contributed by atoms with Gasteiger partial charge in [-0.3, -0.25) is 0 Å². The van der Waals surface area contributed by atoms with Crippen LogP contribution < -0.4 is 0 Å². The second-order valence-corrected chi connectivity index (χ2v) is 8.98. The molecule has 0 aliphatic carbocycles. The SMILES string of the molecule is C=CC(=O)OCCC(COCC(CCOC(=O)C=C)(COC(=O)C=C)COC(=O)C=C)(COC(=O)C=C)COC(=O)C=C. The molecule has 0 spiro atoms. The second kappa shape index (κ2) is 21.0. The smallest absolute Gasteiger partial charge is 0.330 e. The molecule has 0 bridgehead atoms. The van der Waals surface area contributed by atoms with Gasteiger partial charge in [-0.05, 0) is 12.8 Å². The molecule has 43 heavy (non-hydrogen) atoms. The number of ether oxygens (including phenoxy) is 7. The molecule has 0 rings (SSSR count). The summed E-state index contributed by atoms with van der Waals surface area (Å²) in [6.07, 6.45) is 5.57. The monoisotopic (exact) mass is 606 g/mol. The van der Waals surface area contributed by atoms with Crippen LogP contribution in [0.4, 0.5) is 0 Å². The van der Waals surface area contributed by atoms with Crippen molar-refractivity contribution in [3.8, 4) is 0 Å². The molecule has 0 unspecified atom stereocenters. The molecular weight excluding hydrogens is 568 g/mol. The third-order valence-electron chi connectivity index (χ3n) is 5.65. The first-order chi connectivity index (χ1) is 20.4. The van der Waals surface area contributed by atoms with Crippen LogP contribution in [-0.2, 0) is 61.9 Å². The molecule has 0 aromatic carbocycles. The van der Waals surface area contributed by atoms with E-state index in [4.69, 9.17) is 33.2 Å². The van der Waals surface area contributed by atoms with Gasteiger partial charge in [0.15, 0.2) is 0 Å². The predicted molar refractivity (Wildman–Crippen MR) is 152 cm³/mol. The molecule has 0 radical (unpaired) electrons. The molecule has 0 saturated heterocycles. The molecule has 0 heterocycles. The summed E-state index contributed by atoms with van der Waals surface area (Å²) >= 11 is 0. The summed E-state index contributed by atoms with van der Waals surface area (Å²) in [6, 6.07) is 0. The molecule has 0 aromatic heterocycles. The molecule has 0 aliphatic heterocycles. The van der Waals surface area contributed by atoms with Gasteiger partial charge in [0.2, 0.25) is 0 Å². The Morgan fingerprint density at radius 2 is 0.628 bits per heavy atom. The molecule has 236 valence electrons. The molecule has 0 aromatic rings. The van der Waals surface area contributed by atoms with E-state index in [1.807, 2.05) is 0 Å². The molecule has 0 atom stereocenters. The van der Waals surface area contributed by atoms with Gasteiger partial charge in [0.1, 0.15) is 26.4 Å². The van der Waals surface area contributed by atoms with Gasteiger partial charge >= 0.3 is 35.8 Å². The predicted octanol–water partition coefficient (Wildman–Crippen LogP) is 2.13. The number of hydrogen-bond donors (Lipinski definition) is 0. The number of esters is 6. The minimum atomic E-state index is -1.28. The summed E-state index contributed by atoms with van der Waals surface area (Å²) in [5, 5.41) is 0. The summed E-state index contributed by atoms with van der Waals surface area (Å²) < 4.78 is 37.1. The van der Waals surface area contributed by atoms with Crippen molar-refractivity contribution >= 4 is 35.8 Å². The molecule has 0 N–H and O–H groups in total. The van der Waals surface area contributed by atoms with Gasteiger partial charge < -0.3 is 33.2 Å². The van der Waals surface area contributed by atoms with E-state index in [0.29, 0.717) is 0 Å².